The Morgan fingerprint density at radius 2 is 0.637 bits per heavy atom. The predicted molar refractivity (Wildman–Crippen MR) is 352 cm³/mol. The molecule has 6 heteroatoms. The fourth-order valence-corrected chi connectivity index (χ4v) is 11.7. The molecule has 0 aliphatic carbocycles. The number of rotatable bonds is 69. The van der Waals surface area contributed by atoms with E-state index < -0.39 is 12.1 Å². The van der Waals surface area contributed by atoms with Crippen molar-refractivity contribution in [2.75, 3.05) is 13.2 Å². The maximum absolute atomic E-state index is 12.6. The zero-order valence-electron chi connectivity index (χ0n) is 54.3. The van der Waals surface area contributed by atoms with Crippen LogP contribution in [0.25, 0.3) is 0 Å². The summed E-state index contributed by atoms with van der Waals surface area (Å²) in [6, 6.07) is -0.541. The van der Waals surface area contributed by atoms with Crippen molar-refractivity contribution in [3.05, 3.63) is 24.3 Å². The third-order valence-electron chi connectivity index (χ3n) is 17.3. The lowest BCUT2D eigenvalue weighted by molar-refractivity contribution is -0.143. The molecule has 0 rings (SSSR count). The average Bonchev–Trinajstić information content (AvgIpc) is 3.46. The van der Waals surface area contributed by atoms with Gasteiger partial charge in [0.25, 0.3) is 0 Å². The van der Waals surface area contributed by atoms with Gasteiger partial charge in [-0.05, 0) is 51.4 Å². The number of hydrogen-bond donors (Lipinski definition) is 3. The molecule has 0 saturated carbocycles. The number of carbonyl (C=O) groups excluding carboxylic acids is 2. The molecule has 0 heterocycles. The van der Waals surface area contributed by atoms with Crippen LogP contribution in [0.15, 0.2) is 24.3 Å². The summed E-state index contributed by atoms with van der Waals surface area (Å²) in [5.74, 6) is -0.0243. The third-order valence-corrected chi connectivity index (χ3v) is 17.3. The molecule has 2 unspecified atom stereocenters. The Morgan fingerprint density at radius 1 is 0.350 bits per heavy atom. The van der Waals surface area contributed by atoms with E-state index in [2.05, 4.69) is 43.5 Å². The summed E-state index contributed by atoms with van der Waals surface area (Å²) in [6.07, 6.45) is 88.1. The number of allylic oxidation sites excluding steroid dienone is 4. The number of esters is 1. The second-order valence-electron chi connectivity index (χ2n) is 25.3. The van der Waals surface area contributed by atoms with E-state index in [1.165, 1.54) is 327 Å². The van der Waals surface area contributed by atoms with Crippen LogP contribution < -0.4 is 5.32 Å². The Morgan fingerprint density at radius 3 is 0.988 bits per heavy atom. The number of amides is 1. The molecule has 0 saturated heterocycles. The molecule has 1 amide bonds. The maximum Gasteiger partial charge on any atom is 0.305 e. The van der Waals surface area contributed by atoms with Crippen LogP contribution in [0, 0.1) is 0 Å². The topological polar surface area (TPSA) is 95.9 Å². The van der Waals surface area contributed by atoms with Gasteiger partial charge in [0.1, 0.15) is 0 Å². The Bertz CT molecular complexity index is 1250. The highest BCUT2D eigenvalue weighted by molar-refractivity contribution is 5.76. The van der Waals surface area contributed by atoms with E-state index in [4.69, 9.17) is 4.74 Å². The maximum atomic E-state index is 12.6. The van der Waals surface area contributed by atoms with Crippen molar-refractivity contribution in [3.8, 4) is 0 Å². The molecule has 0 aromatic rings. The summed E-state index contributed by atoms with van der Waals surface area (Å²) in [5, 5.41) is 23.5. The fraction of sp³-hybridized carbons (Fsp3) is 0.919. The van der Waals surface area contributed by atoms with E-state index in [0.717, 1.165) is 51.4 Å². The van der Waals surface area contributed by atoms with E-state index in [1.54, 1.807) is 0 Å². The number of nitrogens with one attached hydrogen (secondary N) is 1. The molecule has 0 bridgehead atoms. The summed E-state index contributed by atoms with van der Waals surface area (Å²) in [5.41, 5.74) is 0. The van der Waals surface area contributed by atoms with Crippen molar-refractivity contribution >= 4 is 11.9 Å². The SMILES string of the molecule is CCCC/C=C\C/C=C\CCCCCCCC(=O)OCCCCCCCCCCCCCCCCCCCCCCCCCCCCC(=O)NC(CO)C(O)CCCCCCCCCCCCCCCCCCCCCCCCC. The highest BCUT2D eigenvalue weighted by Gasteiger charge is 2.20. The standard InChI is InChI=1S/C74H143NO5/c1-3-5-7-9-11-13-15-17-19-20-21-22-27-30-33-36-39-42-46-50-54-58-62-66-72(77)71(70-76)75-73(78)67-63-59-55-51-47-43-40-37-34-31-28-25-23-24-26-29-32-35-38-41-45-49-53-57-61-65-69-80-74(79)68-64-60-56-52-48-44-18-16-14-12-10-8-6-4-2/h10,12,16,18,71-72,76-77H,3-9,11,13-15,17,19-70H2,1-2H3,(H,75,78)/b12-10-,18-16-. The fourth-order valence-electron chi connectivity index (χ4n) is 11.7. The van der Waals surface area contributed by atoms with Gasteiger partial charge in [-0.2, -0.15) is 0 Å². The number of hydrogen-bond acceptors (Lipinski definition) is 5. The first-order valence-corrected chi connectivity index (χ1v) is 36.6. The number of ether oxygens (including phenoxy) is 1. The number of aliphatic hydroxyl groups is 2. The molecule has 474 valence electrons. The molecule has 0 aliphatic heterocycles. The molecule has 0 radical (unpaired) electrons. The van der Waals surface area contributed by atoms with Crippen molar-refractivity contribution in [1.29, 1.82) is 0 Å². The number of unbranched alkanes of at least 4 members (excludes halogenated alkanes) is 54. The molecular weight excluding hydrogens is 983 g/mol. The molecular formula is C74H143NO5. The lowest BCUT2D eigenvalue weighted by Crippen LogP contribution is -2.45. The van der Waals surface area contributed by atoms with Gasteiger partial charge in [0.15, 0.2) is 0 Å². The van der Waals surface area contributed by atoms with Crippen LogP contribution in [0.4, 0.5) is 0 Å². The normalized spacial score (nSPS) is 12.6. The Balaban J connectivity index is 3.36. The minimum atomic E-state index is -0.664. The highest BCUT2D eigenvalue weighted by Crippen LogP contribution is 2.20. The molecule has 3 N–H and O–H groups in total. The molecule has 6 nitrogen and oxygen atoms in total. The summed E-state index contributed by atoms with van der Waals surface area (Å²) in [7, 11) is 0. The summed E-state index contributed by atoms with van der Waals surface area (Å²) >= 11 is 0. The van der Waals surface area contributed by atoms with Gasteiger partial charge in [0.2, 0.25) is 5.91 Å². The quantitative estimate of drug-likeness (QED) is 0.0320. The van der Waals surface area contributed by atoms with Gasteiger partial charge in [0.05, 0.1) is 25.4 Å². The van der Waals surface area contributed by atoms with Gasteiger partial charge in [-0.1, -0.05) is 372 Å². The highest BCUT2D eigenvalue weighted by atomic mass is 16.5. The van der Waals surface area contributed by atoms with Crippen LogP contribution in [0.3, 0.4) is 0 Å². The monoisotopic (exact) mass is 1130 g/mol. The first kappa shape index (κ1) is 78.3. The summed E-state index contributed by atoms with van der Waals surface area (Å²) < 4.78 is 5.48. The molecule has 0 spiro atoms. The van der Waals surface area contributed by atoms with Crippen LogP contribution in [0.5, 0.6) is 0 Å². The van der Waals surface area contributed by atoms with E-state index >= 15 is 0 Å². The lowest BCUT2D eigenvalue weighted by Gasteiger charge is -2.22. The van der Waals surface area contributed by atoms with Crippen LogP contribution in [-0.4, -0.2) is 47.4 Å². The molecule has 80 heavy (non-hydrogen) atoms. The van der Waals surface area contributed by atoms with Crippen LogP contribution >= 0.6 is 0 Å². The van der Waals surface area contributed by atoms with Crippen LogP contribution in [0.1, 0.15) is 412 Å². The number of aliphatic hydroxyl groups excluding tert-OH is 2. The lowest BCUT2D eigenvalue weighted by atomic mass is 10.0. The number of carbonyl (C=O) groups is 2. The Labute approximate surface area is 501 Å². The van der Waals surface area contributed by atoms with Gasteiger partial charge in [0, 0.05) is 12.8 Å². The minimum Gasteiger partial charge on any atom is -0.466 e. The Kier molecular flexibility index (Phi) is 68.4. The van der Waals surface area contributed by atoms with E-state index in [-0.39, 0.29) is 18.5 Å². The predicted octanol–water partition coefficient (Wildman–Crippen LogP) is 23.7. The third kappa shape index (κ3) is 65.5. The van der Waals surface area contributed by atoms with Crippen molar-refractivity contribution in [3.63, 3.8) is 0 Å². The van der Waals surface area contributed by atoms with Gasteiger partial charge in [-0.25, -0.2) is 0 Å². The average molecular weight is 1130 g/mol. The smallest absolute Gasteiger partial charge is 0.305 e. The largest absolute Gasteiger partial charge is 0.466 e. The molecule has 2 atom stereocenters. The Hall–Kier alpha value is -1.66. The summed E-state index contributed by atoms with van der Waals surface area (Å²) in [4.78, 5) is 24.6. The second kappa shape index (κ2) is 69.8. The van der Waals surface area contributed by atoms with Crippen molar-refractivity contribution in [2.45, 2.75) is 424 Å². The van der Waals surface area contributed by atoms with Gasteiger partial charge in [-0.15, -0.1) is 0 Å². The van der Waals surface area contributed by atoms with Gasteiger partial charge in [-0.3, -0.25) is 9.59 Å². The van der Waals surface area contributed by atoms with Crippen molar-refractivity contribution in [2.24, 2.45) is 0 Å². The van der Waals surface area contributed by atoms with E-state index in [9.17, 15) is 19.8 Å². The van der Waals surface area contributed by atoms with Crippen LogP contribution in [-0.2, 0) is 14.3 Å². The first-order chi connectivity index (χ1) is 39.5. The van der Waals surface area contributed by atoms with E-state index in [1.807, 2.05) is 0 Å². The molecule has 0 aromatic heterocycles. The molecule has 0 aliphatic rings. The zero-order valence-corrected chi connectivity index (χ0v) is 54.3. The van der Waals surface area contributed by atoms with Crippen molar-refractivity contribution in [1.82, 2.24) is 5.32 Å². The van der Waals surface area contributed by atoms with Gasteiger partial charge < -0.3 is 20.3 Å². The summed E-state index contributed by atoms with van der Waals surface area (Å²) in [6.45, 7) is 4.95. The van der Waals surface area contributed by atoms with Crippen molar-refractivity contribution < 1.29 is 24.5 Å². The zero-order chi connectivity index (χ0) is 57.8. The van der Waals surface area contributed by atoms with E-state index in [0.29, 0.717) is 25.9 Å². The van der Waals surface area contributed by atoms with Crippen LogP contribution in [0.2, 0.25) is 0 Å². The second-order valence-corrected chi connectivity index (χ2v) is 25.3. The minimum absolute atomic E-state index is 0.00352. The first-order valence-electron chi connectivity index (χ1n) is 36.6. The molecule has 0 aromatic carbocycles. The molecule has 0 fully saturated rings. The van der Waals surface area contributed by atoms with Gasteiger partial charge >= 0.3 is 5.97 Å².